The molecule has 3 rings (SSSR count). The number of nitrogens with zero attached hydrogens (tertiary/aromatic N) is 2. The Morgan fingerprint density at radius 3 is 2.57 bits per heavy atom. The standard InChI is InChI=1S/C21H24N2O5/c1-2-27-20-13-16(3-8-19(20)28-15-21(24)25)14-22-17-4-6-18(7-5-17)23-9-11-26-12-10-23/h3-8,13-14H,2,9-12,15H2,1H3,(H,24,25). The van der Waals surface area contributed by atoms with Crippen molar-refractivity contribution in [3.05, 3.63) is 48.0 Å². The van der Waals surface area contributed by atoms with Crippen molar-refractivity contribution >= 4 is 23.6 Å². The van der Waals surface area contributed by atoms with Crippen molar-refractivity contribution < 1.29 is 24.1 Å². The number of carboxylic acid groups (broad SMARTS) is 1. The van der Waals surface area contributed by atoms with Crippen molar-refractivity contribution in [2.45, 2.75) is 6.92 Å². The van der Waals surface area contributed by atoms with Gasteiger partial charge in [0.15, 0.2) is 18.1 Å². The molecule has 0 bridgehead atoms. The van der Waals surface area contributed by atoms with E-state index in [9.17, 15) is 4.79 Å². The Balaban J connectivity index is 1.68. The summed E-state index contributed by atoms with van der Waals surface area (Å²) in [6.07, 6.45) is 1.74. The van der Waals surface area contributed by atoms with Crippen LogP contribution in [0, 0.1) is 0 Å². The summed E-state index contributed by atoms with van der Waals surface area (Å²) < 4.78 is 16.2. The fourth-order valence-corrected chi connectivity index (χ4v) is 2.85. The van der Waals surface area contributed by atoms with Crippen molar-refractivity contribution in [1.82, 2.24) is 0 Å². The molecule has 1 saturated heterocycles. The summed E-state index contributed by atoms with van der Waals surface area (Å²) >= 11 is 0. The molecule has 1 N–H and O–H groups in total. The number of hydrogen-bond donors (Lipinski definition) is 1. The third-order valence-corrected chi connectivity index (χ3v) is 4.21. The molecular formula is C21H24N2O5. The molecule has 1 aliphatic heterocycles. The number of carboxylic acids is 1. The molecule has 0 aliphatic carbocycles. The van der Waals surface area contributed by atoms with Gasteiger partial charge in [0.2, 0.25) is 0 Å². The molecule has 0 radical (unpaired) electrons. The molecule has 0 amide bonds. The SMILES string of the molecule is CCOc1cc(C=Nc2ccc(N3CCOCC3)cc2)ccc1OCC(=O)O. The molecule has 1 fully saturated rings. The molecule has 0 atom stereocenters. The van der Waals surface area contributed by atoms with Gasteiger partial charge in [-0.2, -0.15) is 0 Å². The molecule has 1 heterocycles. The highest BCUT2D eigenvalue weighted by molar-refractivity contribution is 5.83. The Bertz CT molecular complexity index is 814. The van der Waals surface area contributed by atoms with E-state index < -0.39 is 12.6 Å². The summed E-state index contributed by atoms with van der Waals surface area (Å²) in [7, 11) is 0. The lowest BCUT2D eigenvalue weighted by Gasteiger charge is -2.28. The van der Waals surface area contributed by atoms with Crippen LogP contribution in [0.2, 0.25) is 0 Å². The second-order valence-electron chi connectivity index (χ2n) is 6.20. The van der Waals surface area contributed by atoms with Gasteiger partial charge in [-0.1, -0.05) is 0 Å². The molecule has 0 unspecified atom stereocenters. The van der Waals surface area contributed by atoms with Gasteiger partial charge in [0.25, 0.3) is 0 Å². The van der Waals surface area contributed by atoms with E-state index in [0.717, 1.165) is 37.6 Å². The molecule has 7 heteroatoms. The summed E-state index contributed by atoms with van der Waals surface area (Å²) in [5.41, 5.74) is 2.85. The van der Waals surface area contributed by atoms with Crippen LogP contribution in [-0.4, -0.2) is 56.8 Å². The quantitative estimate of drug-likeness (QED) is 0.705. The van der Waals surface area contributed by atoms with Crippen LogP contribution < -0.4 is 14.4 Å². The van der Waals surface area contributed by atoms with Gasteiger partial charge in [-0.15, -0.1) is 0 Å². The fraction of sp³-hybridized carbons (Fsp3) is 0.333. The van der Waals surface area contributed by atoms with E-state index in [1.165, 1.54) is 5.69 Å². The molecular weight excluding hydrogens is 360 g/mol. The first-order valence-electron chi connectivity index (χ1n) is 9.24. The number of morpholine rings is 1. The molecule has 0 saturated carbocycles. The lowest BCUT2D eigenvalue weighted by atomic mass is 10.2. The Morgan fingerprint density at radius 2 is 1.89 bits per heavy atom. The van der Waals surface area contributed by atoms with E-state index in [4.69, 9.17) is 19.3 Å². The minimum atomic E-state index is -1.03. The van der Waals surface area contributed by atoms with Crippen LogP contribution in [0.5, 0.6) is 11.5 Å². The third kappa shape index (κ3) is 5.47. The molecule has 28 heavy (non-hydrogen) atoms. The van der Waals surface area contributed by atoms with Crippen LogP contribution in [0.4, 0.5) is 11.4 Å². The van der Waals surface area contributed by atoms with Gasteiger partial charge in [-0.05, 0) is 55.0 Å². The third-order valence-electron chi connectivity index (χ3n) is 4.21. The van der Waals surface area contributed by atoms with Gasteiger partial charge in [-0.3, -0.25) is 4.99 Å². The van der Waals surface area contributed by atoms with Crippen molar-refractivity contribution in [2.75, 3.05) is 44.4 Å². The average molecular weight is 384 g/mol. The molecule has 2 aromatic carbocycles. The molecule has 7 nitrogen and oxygen atoms in total. The maximum atomic E-state index is 10.7. The topological polar surface area (TPSA) is 80.6 Å². The lowest BCUT2D eigenvalue weighted by molar-refractivity contribution is -0.139. The van der Waals surface area contributed by atoms with Crippen LogP contribution in [0.1, 0.15) is 12.5 Å². The van der Waals surface area contributed by atoms with E-state index >= 15 is 0 Å². The first-order chi connectivity index (χ1) is 13.7. The minimum absolute atomic E-state index is 0.399. The summed E-state index contributed by atoms with van der Waals surface area (Å²) in [5.74, 6) is -0.139. The zero-order valence-electron chi connectivity index (χ0n) is 15.8. The van der Waals surface area contributed by atoms with Gasteiger partial charge < -0.3 is 24.2 Å². The number of hydrogen-bond acceptors (Lipinski definition) is 6. The monoisotopic (exact) mass is 384 g/mol. The highest BCUT2D eigenvalue weighted by Gasteiger charge is 2.11. The van der Waals surface area contributed by atoms with Gasteiger partial charge in [-0.25, -0.2) is 4.79 Å². The molecule has 148 valence electrons. The van der Waals surface area contributed by atoms with Crippen molar-refractivity contribution in [3.63, 3.8) is 0 Å². The number of anilines is 1. The first kappa shape index (κ1) is 19.7. The van der Waals surface area contributed by atoms with Gasteiger partial charge >= 0.3 is 5.97 Å². The maximum Gasteiger partial charge on any atom is 0.341 e. The summed E-state index contributed by atoms with van der Waals surface area (Å²) in [6, 6.07) is 13.4. The fourth-order valence-electron chi connectivity index (χ4n) is 2.85. The van der Waals surface area contributed by atoms with Gasteiger partial charge in [0.05, 0.1) is 25.5 Å². The Kier molecular flexibility index (Phi) is 6.86. The van der Waals surface area contributed by atoms with Gasteiger partial charge in [0.1, 0.15) is 0 Å². The van der Waals surface area contributed by atoms with Crippen molar-refractivity contribution in [2.24, 2.45) is 4.99 Å². The normalized spacial score (nSPS) is 14.2. The number of aliphatic carboxylic acids is 1. The predicted molar refractivity (Wildman–Crippen MR) is 107 cm³/mol. The lowest BCUT2D eigenvalue weighted by Crippen LogP contribution is -2.36. The van der Waals surface area contributed by atoms with E-state index in [0.29, 0.717) is 18.1 Å². The predicted octanol–water partition coefficient (Wildman–Crippen LogP) is 3.14. The summed E-state index contributed by atoms with van der Waals surface area (Å²) in [6.45, 7) is 5.22. The van der Waals surface area contributed by atoms with E-state index in [-0.39, 0.29) is 0 Å². The zero-order chi connectivity index (χ0) is 19.8. The molecule has 1 aliphatic rings. The number of ether oxygens (including phenoxy) is 3. The second-order valence-corrected chi connectivity index (χ2v) is 6.20. The summed E-state index contributed by atoms with van der Waals surface area (Å²) in [5, 5.41) is 8.77. The second kappa shape index (κ2) is 9.75. The van der Waals surface area contributed by atoms with E-state index in [1.54, 1.807) is 18.3 Å². The first-order valence-corrected chi connectivity index (χ1v) is 9.24. The van der Waals surface area contributed by atoms with Crippen molar-refractivity contribution in [3.8, 4) is 11.5 Å². The van der Waals surface area contributed by atoms with Crippen LogP contribution in [0.25, 0.3) is 0 Å². The number of benzene rings is 2. The van der Waals surface area contributed by atoms with Crippen LogP contribution in [0.3, 0.4) is 0 Å². The van der Waals surface area contributed by atoms with Crippen LogP contribution in [-0.2, 0) is 9.53 Å². The largest absolute Gasteiger partial charge is 0.490 e. The maximum absolute atomic E-state index is 10.7. The van der Waals surface area contributed by atoms with Gasteiger partial charge in [0, 0.05) is 25.0 Å². The number of rotatable bonds is 8. The Hall–Kier alpha value is -3.06. The minimum Gasteiger partial charge on any atom is -0.490 e. The Morgan fingerprint density at radius 1 is 1.14 bits per heavy atom. The highest BCUT2D eigenvalue weighted by Crippen LogP contribution is 2.28. The van der Waals surface area contributed by atoms with E-state index in [1.807, 2.05) is 25.1 Å². The number of aliphatic imine (C=N–C) groups is 1. The highest BCUT2D eigenvalue weighted by atomic mass is 16.5. The number of carbonyl (C=O) groups is 1. The van der Waals surface area contributed by atoms with Crippen LogP contribution in [0.15, 0.2) is 47.5 Å². The average Bonchev–Trinajstić information content (AvgIpc) is 2.73. The Labute approximate surface area is 164 Å². The van der Waals surface area contributed by atoms with E-state index in [2.05, 4.69) is 22.0 Å². The summed E-state index contributed by atoms with van der Waals surface area (Å²) in [4.78, 5) is 17.5. The smallest absolute Gasteiger partial charge is 0.341 e. The molecule has 0 spiro atoms. The van der Waals surface area contributed by atoms with Crippen molar-refractivity contribution in [1.29, 1.82) is 0 Å². The molecule has 2 aromatic rings. The zero-order valence-corrected chi connectivity index (χ0v) is 15.8. The van der Waals surface area contributed by atoms with Crippen LogP contribution >= 0.6 is 0 Å². The molecule has 0 aromatic heterocycles.